The number of furan rings is 1. The van der Waals surface area contributed by atoms with Gasteiger partial charge in [-0.3, -0.25) is 9.67 Å². The third kappa shape index (κ3) is 4.97. The average molecular weight is 384 g/mol. The standard InChI is InChI=1S/C22H33N5O/c1-26-16-20(15-25-26)19-10-12-27(17-19)22(23-11-9-21-8-5-13-28-21)24-14-18-6-3-2-4-7-18/h5,8,13,15-16,18-19H,2-4,6-7,9-12,14,17H2,1H3,(H,23,24). The van der Waals surface area contributed by atoms with Crippen molar-refractivity contribution in [1.82, 2.24) is 20.0 Å². The third-order valence-corrected chi connectivity index (χ3v) is 6.14. The molecule has 28 heavy (non-hydrogen) atoms. The monoisotopic (exact) mass is 383 g/mol. The molecule has 4 rings (SSSR count). The Morgan fingerprint density at radius 3 is 2.93 bits per heavy atom. The molecule has 6 heteroatoms. The third-order valence-electron chi connectivity index (χ3n) is 6.14. The summed E-state index contributed by atoms with van der Waals surface area (Å²) in [4.78, 5) is 7.49. The maximum Gasteiger partial charge on any atom is 0.193 e. The largest absolute Gasteiger partial charge is 0.469 e. The lowest BCUT2D eigenvalue weighted by molar-refractivity contribution is 0.364. The van der Waals surface area contributed by atoms with Crippen LogP contribution in [0.4, 0.5) is 0 Å². The van der Waals surface area contributed by atoms with Gasteiger partial charge in [-0.1, -0.05) is 19.3 Å². The summed E-state index contributed by atoms with van der Waals surface area (Å²) in [6, 6.07) is 3.99. The molecule has 0 spiro atoms. The Morgan fingerprint density at radius 1 is 1.29 bits per heavy atom. The van der Waals surface area contributed by atoms with Gasteiger partial charge in [0.2, 0.25) is 0 Å². The van der Waals surface area contributed by atoms with Gasteiger partial charge in [0, 0.05) is 51.8 Å². The highest BCUT2D eigenvalue weighted by atomic mass is 16.3. The van der Waals surface area contributed by atoms with Crippen LogP contribution in [-0.4, -0.2) is 46.8 Å². The highest BCUT2D eigenvalue weighted by molar-refractivity contribution is 5.80. The molecule has 0 amide bonds. The Bertz CT molecular complexity index is 745. The van der Waals surface area contributed by atoms with E-state index < -0.39 is 0 Å². The quantitative estimate of drug-likeness (QED) is 0.612. The molecule has 6 nitrogen and oxygen atoms in total. The maximum absolute atomic E-state index is 5.47. The zero-order valence-electron chi connectivity index (χ0n) is 17.0. The van der Waals surface area contributed by atoms with Crippen molar-refractivity contribution in [1.29, 1.82) is 0 Å². The fraction of sp³-hybridized carbons (Fsp3) is 0.636. The summed E-state index contributed by atoms with van der Waals surface area (Å²) in [7, 11) is 1.99. The summed E-state index contributed by atoms with van der Waals surface area (Å²) < 4.78 is 7.37. The van der Waals surface area contributed by atoms with E-state index in [4.69, 9.17) is 9.41 Å². The van der Waals surface area contributed by atoms with Gasteiger partial charge in [0.05, 0.1) is 12.5 Å². The molecule has 0 radical (unpaired) electrons. The van der Waals surface area contributed by atoms with Crippen LogP contribution in [0.15, 0.2) is 40.2 Å². The second-order valence-corrected chi connectivity index (χ2v) is 8.30. The molecule has 2 aromatic heterocycles. The van der Waals surface area contributed by atoms with E-state index in [0.29, 0.717) is 5.92 Å². The van der Waals surface area contributed by atoms with Gasteiger partial charge in [-0.2, -0.15) is 5.10 Å². The number of aromatic nitrogens is 2. The van der Waals surface area contributed by atoms with E-state index in [1.807, 2.05) is 30.1 Å². The Kier molecular flexibility index (Phi) is 6.34. The number of aliphatic imine (C=N–C) groups is 1. The number of hydrogen-bond donors (Lipinski definition) is 1. The molecule has 2 fully saturated rings. The van der Waals surface area contributed by atoms with E-state index in [9.17, 15) is 0 Å². The van der Waals surface area contributed by atoms with Gasteiger partial charge >= 0.3 is 0 Å². The Labute approximate surface area is 168 Å². The van der Waals surface area contributed by atoms with Crippen LogP contribution in [-0.2, 0) is 13.5 Å². The van der Waals surface area contributed by atoms with Crippen LogP contribution in [0, 0.1) is 5.92 Å². The van der Waals surface area contributed by atoms with Gasteiger partial charge in [0.15, 0.2) is 5.96 Å². The van der Waals surface area contributed by atoms with E-state index in [1.165, 1.54) is 37.7 Å². The Morgan fingerprint density at radius 2 is 2.18 bits per heavy atom. The van der Waals surface area contributed by atoms with Crippen molar-refractivity contribution in [3.63, 3.8) is 0 Å². The van der Waals surface area contributed by atoms with Gasteiger partial charge in [-0.15, -0.1) is 0 Å². The number of guanidine groups is 1. The van der Waals surface area contributed by atoms with Crippen molar-refractivity contribution in [2.24, 2.45) is 18.0 Å². The first-order valence-corrected chi connectivity index (χ1v) is 10.8. The highest BCUT2D eigenvalue weighted by Crippen LogP contribution is 2.27. The zero-order valence-corrected chi connectivity index (χ0v) is 17.0. The second-order valence-electron chi connectivity index (χ2n) is 8.30. The summed E-state index contributed by atoms with van der Waals surface area (Å²) in [5.41, 5.74) is 1.34. The lowest BCUT2D eigenvalue weighted by Crippen LogP contribution is -2.41. The van der Waals surface area contributed by atoms with Crippen LogP contribution in [0.2, 0.25) is 0 Å². The predicted octanol–water partition coefficient (Wildman–Crippen LogP) is 3.57. The Hall–Kier alpha value is -2.24. The van der Waals surface area contributed by atoms with E-state index in [1.54, 1.807) is 6.26 Å². The number of aryl methyl sites for hydroxylation is 1. The predicted molar refractivity (Wildman–Crippen MR) is 111 cm³/mol. The van der Waals surface area contributed by atoms with Crippen molar-refractivity contribution in [2.45, 2.75) is 50.9 Å². The van der Waals surface area contributed by atoms with Gasteiger partial charge in [0.1, 0.15) is 5.76 Å². The van der Waals surface area contributed by atoms with Crippen LogP contribution in [0.5, 0.6) is 0 Å². The molecule has 0 aromatic carbocycles. The second kappa shape index (κ2) is 9.30. The minimum Gasteiger partial charge on any atom is -0.469 e. The van der Waals surface area contributed by atoms with Crippen molar-refractivity contribution < 1.29 is 4.42 Å². The summed E-state index contributed by atoms with van der Waals surface area (Å²) in [6.07, 6.45) is 14.8. The molecule has 1 saturated carbocycles. The van der Waals surface area contributed by atoms with Crippen molar-refractivity contribution in [3.05, 3.63) is 42.1 Å². The summed E-state index contributed by atoms with van der Waals surface area (Å²) in [5.74, 6) is 3.39. The van der Waals surface area contributed by atoms with E-state index in [2.05, 4.69) is 21.5 Å². The van der Waals surface area contributed by atoms with Crippen molar-refractivity contribution >= 4 is 5.96 Å². The van der Waals surface area contributed by atoms with E-state index in [0.717, 1.165) is 56.7 Å². The fourth-order valence-electron chi connectivity index (χ4n) is 4.48. The van der Waals surface area contributed by atoms with Gasteiger partial charge in [0.25, 0.3) is 0 Å². The molecule has 1 aliphatic carbocycles. The summed E-state index contributed by atoms with van der Waals surface area (Å²) >= 11 is 0. The van der Waals surface area contributed by atoms with Gasteiger partial charge in [-0.25, -0.2) is 0 Å². The minimum atomic E-state index is 0.542. The molecule has 2 aromatic rings. The first kappa shape index (κ1) is 19.1. The maximum atomic E-state index is 5.47. The van der Waals surface area contributed by atoms with Crippen molar-refractivity contribution in [2.75, 3.05) is 26.2 Å². The van der Waals surface area contributed by atoms with Gasteiger partial charge < -0.3 is 14.6 Å². The van der Waals surface area contributed by atoms with Crippen LogP contribution >= 0.6 is 0 Å². The molecule has 152 valence electrons. The molecular formula is C22H33N5O. The van der Waals surface area contributed by atoms with Crippen molar-refractivity contribution in [3.8, 4) is 0 Å². The molecule has 1 atom stereocenters. The van der Waals surface area contributed by atoms with Crippen LogP contribution < -0.4 is 5.32 Å². The molecule has 3 heterocycles. The zero-order chi connectivity index (χ0) is 19.2. The number of hydrogen-bond acceptors (Lipinski definition) is 3. The lowest BCUT2D eigenvalue weighted by Gasteiger charge is -2.24. The Balaban J connectivity index is 1.38. The highest BCUT2D eigenvalue weighted by Gasteiger charge is 2.27. The topological polar surface area (TPSA) is 58.6 Å². The number of rotatable bonds is 6. The van der Waals surface area contributed by atoms with E-state index in [-0.39, 0.29) is 0 Å². The molecule has 0 bridgehead atoms. The molecule has 1 unspecified atom stereocenters. The molecule has 1 N–H and O–H groups in total. The number of likely N-dealkylation sites (tertiary alicyclic amines) is 1. The summed E-state index contributed by atoms with van der Waals surface area (Å²) in [5, 5.41) is 7.96. The molecule has 1 aliphatic heterocycles. The van der Waals surface area contributed by atoms with Crippen LogP contribution in [0.3, 0.4) is 0 Å². The first-order chi connectivity index (χ1) is 13.8. The normalized spacial score (nSPS) is 21.4. The smallest absolute Gasteiger partial charge is 0.193 e. The summed E-state index contributed by atoms with van der Waals surface area (Å²) in [6.45, 7) is 3.88. The fourth-order valence-corrected chi connectivity index (χ4v) is 4.48. The van der Waals surface area contributed by atoms with Gasteiger partial charge in [-0.05, 0) is 42.9 Å². The van der Waals surface area contributed by atoms with Crippen LogP contribution in [0.1, 0.15) is 55.8 Å². The molecule has 2 aliphatic rings. The van der Waals surface area contributed by atoms with E-state index >= 15 is 0 Å². The minimum absolute atomic E-state index is 0.542. The SMILES string of the molecule is Cn1cc(C2CCN(C(=NCC3CCCCC3)NCCc3ccco3)C2)cn1. The lowest BCUT2D eigenvalue weighted by atomic mass is 9.89. The molecule has 1 saturated heterocycles. The van der Waals surface area contributed by atoms with Crippen LogP contribution in [0.25, 0.3) is 0 Å². The average Bonchev–Trinajstić information content (AvgIpc) is 3.47. The number of nitrogens with zero attached hydrogens (tertiary/aromatic N) is 4. The first-order valence-electron chi connectivity index (χ1n) is 10.8. The number of nitrogens with one attached hydrogen (secondary N) is 1. The molecular weight excluding hydrogens is 350 g/mol.